The van der Waals surface area contributed by atoms with Gasteiger partial charge < -0.3 is 15.2 Å². The van der Waals surface area contributed by atoms with Gasteiger partial charge in [0.15, 0.2) is 0 Å². The minimum absolute atomic E-state index is 0.0629. The summed E-state index contributed by atoms with van der Waals surface area (Å²) < 4.78 is 0. The second-order valence-corrected chi connectivity index (χ2v) is 6.08. The highest BCUT2D eigenvalue weighted by atomic mass is 16.1. The summed E-state index contributed by atoms with van der Waals surface area (Å²) in [6.07, 6.45) is 5.47. The molecule has 6 nitrogen and oxygen atoms in total. The second-order valence-electron chi connectivity index (χ2n) is 6.08. The molecule has 4 rings (SSSR count). The van der Waals surface area contributed by atoms with Crippen LogP contribution in [0.15, 0.2) is 48.8 Å². The summed E-state index contributed by atoms with van der Waals surface area (Å²) in [5.41, 5.74) is 1.58. The predicted octanol–water partition coefficient (Wildman–Crippen LogP) is 2.36. The number of para-hydroxylation sites is 1. The number of nitrogens with zero attached hydrogens (tertiary/aromatic N) is 3. The van der Waals surface area contributed by atoms with E-state index in [0.29, 0.717) is 5.69 Å². The summed E-state index contributed by atoms with van der Waals surface area (Å²) in [6, 6.07) is 11.7. The highest BCUT2D eigenvalue weighted by molar-refractivity contribution is 5.98. The van der Waals surface area contributed by atoms with Crippen LogP contribution in [-0.4, -0.2) is 40.0 Å². The van der Waals surface area contributed by atoms with E-state index in [1.807, 2.05) is 36.4 Å². The van der Waals surface area contributed by atoms with Crippen LogP contribution in [0.5, 0.6) is 0 Å². The van der Waals surface area contributed by atoms with Gasteiger partial charge in [-0.25, -0.2) is 9.97 Å². The number of aromatic amines is 1. The average Bonchev–Trinajstić information content (AvgIpc) is 3.07. The normalized spacial score (nSPS) is 17.8. The van der Waals surface area contributed by atoms with E-state index in [1.165, 1.54) is 0 Å². The van der Waals surface area contributed by atoms with Crippen molar-refractivity contribution in [2.45, 2.75) is 18.9 Å². The van der Waals surface area contributed by atoms with Gasteiger partial charge in [0, 0.05) is 42.4 Å². The number of hydrogen-bond acceptors (Lipinski definition) is 4. The highest BCUT2D eigenvalue weighted by Crippen LogP contribution is 2.17. The molecule has 2 aromatic heterocycles. The Hall–Kier alpha value is -2.89. The van der Waals surface area contributed by atoms with E-state index < -0.39 is 0 Å². The summed E-state index contributed by atoms with van der Waals surface area (Å²) in [7, 11) is 0. The van der Waals surface area contributed by atoms with E-state index in [2.05, 4.69) is 25.2 Å². The zero-order valence-corrected chi connectivity index (χ0v) is 13.3. The maximum absolute atomic E-state index is 12.5. The van der Waals surface area contributed by atoms with Gasteiger partial charge in [-0.15, -0.1) is 0 Å². The first-order valence-corrected chi connectivity index (χ1v) is 8.20. The third-order valence-corrected chi connectivity index (χ3v) is 4.37. The summed E-state index contributed by atoms with van der Waals surface area (Å²) in [5.74, 6) is 0.661. The summed E-state index contributed by atoms with van der Waals surface area (Å²) in [6.45, 7) is 1.65. The Bertz CT molecular complexity index is 812. The molecule has 0 spiro atoms. The van der Waals surface area contributed by atoms with E-state index >= 15 is 0 Å². The number of rotatable bonds is 3. The average molecular weight is 321 g/mol. The molecule has 24 heavy (non-hydrogen) atoms. The number of benzene rings is 1. The topological polar surface area (TPSA) is 73.9 Å². The fourth-order valence-corrected chi connectivity index (χ4v) is 3.19. The molecule has 1 unspecified atom stereocenters. The van der Waals surface area contributed by atoms with Crippen LogP contribution >= 0.6 is 0 Å². The van der Waals surface area contributed by atoms with Crippen molar-refractivity contribution in [3.05, 3.63) is 54.5 Å². The van der Waals surface area contributed by atoms with Crippen molar-refractivity contribution in [2.75, 3.05) is 18.0 Å². The lowest BCUT2D eigenvalue weighted by atomic mass is 10.1. The molecule has 2 N–H and O–H groups in total. The fourth-order valence-electron chi connectivity index (χ4n) is 3.19. The summed E-state index contributed by atoms with van der Waals surface area (Å²) in [5, 5.41) is 4.18. The molecular weight excluding hydrogens is 302 g/mol. The molecule has 1 aliphatic heterocycles. The van der Waals surface area contributed by atoms with Gasteiger partial charge in [-0.3, -0.25) is 4.79 Å². The van der Waals surface area contributed by atoms with Crippen LogP contribution in [0.3, 0.4) is 0 Å². The number of anilines is 1. The molecule has 122 valence electrons. The van der Waals surface area contributed by atoms with E-state index in [-0.39, 0.29) is 11.9 Å². The van der Waals surface area contributed by atoms with Crippen LogP contribution in [0.4, 0.5) is 5.95 Å². The lowest BCUT2D eigenvalue weighted by molar-refractivity contribution is 0.0929. The number of carbonyl (C=O) groups is 1. The Morgan fingerprint density at radius 2 is 2.04 bits per heavy atom. The SMILES string of the molecule is O=C(NC1CCCN(c2ncccn2)C1)c1cc2ccccc2[nH]1. The van der Waals surface area contributed by atoms with Gasteiger partial charge in [0.25, 0.3) is 5.91 Å². The minimum atomic E-state index is -0.0629. The Morgan fingerprint density at radius 3 is 2.88 bits per heavy atom. The molecule has 6 heteroatoms. The van der Waals surface area contributed by atoms with Gasteiger partial charge in [-0.2, -0.15) is 0 Å². The number of amides is 1. The molecule has 1 fully saturated rings. The molecule has 0 saturated carbocycles. The molecule has 1 saturated heterocycles. The molecule has 0 bridgehead atoms. The van der Waals surface area contributed by atoms with Crippen molar-refractivity contribution >= 4 is 22.8 Å². The van der Waals surface area contributed by atoms with Gasteiger partial charge in [0.05, 0.1) is 0 Å². The maximum Gasteiger partial charge on any atom is 0.268 e. The first-order chi connectivity index (χ1) is 11.8. The molecule has 1 atom stereocenters. The van der Waals surface area contributed by atoms with Crippen LogP contribution in [0.2, 0.25) is 0 Å². The number of aromatic nitrogens is 3. The van der Waals surface area contributed by atoms with Gasteiger partial charge >= 0.3 is 0 Å². The van der Waals surface area contributed by atoms with Gasteiger partial charge in [0.2, 0.25) is 5.95 Å². The van der Waals surface area contributed by atoms with E-state index in [0.717, 1.165) is 42.8 Å². The molecule has 1 aliphatic rings. The molecule has 0 aliphatic carbocycles. The van der Waals surface area contributed by atoms with Crippen molar-refractivity contribution in [3.8, 4) is 0 Å². The largest absolute Gasteiger partial charge is 0.351 e. The van der Waals surface area contributed by atoms with Crippen molar-refractivity contribution in [2.24, 2.45) is 0 Å². The van der Waals surface area contributed by atoms with Crippen LogP contribution in [0.1, 0.15) is 23.3 Å². The van der Waals surface area contributed by atoms with Crippen LogP contribution in [0, 0.1) is 0 Å². The van der Waals surface area contributed by atoms with E-state index in [9.17, 15) is 4.79 Å². The maximum atomic E-state index is 12.5. The number of hydrogen-bond donors (Lipinski definition) is 2. The van der Waals surface area contributed by atoms with Crippen molar-refractivity contribution < 1.29 is 4.79 Å². The standard InChI is InChI=1S/C18H19N5O/c24-17(16-11-13-5-1-2-7-15(13)22-16)21-14-6-3-10-23(12-14)18-19-8-4-9-20-18/h1-2,4-5,7-9,11,14,22H,3,6,10,12H2,(H,21,24). The predicted molar refractivity (Wildman–Crippen MR) is 93.0 cm³/mol. The molecular formula is C18H19N5O. The second kappa shape index (κ2) is 6.31. The van der Waals surface area contributed by atoms with Gasteiger partial charge in [-0.1, -0.05) is 18.2 Å². The Labute approximate surface area is 139 Å². The number of piperidine rings is 1. The van der Waals surface area contributed by atoms with Gasteiger partial charge in [0.1, 0.15) is 5.69 Å². The van der Waals surface area contributed by atoms with Crippen molar-refractivity contribution in [1.82, 2.24) is 20.3 Å². The summed E-state index contributed by atoms with van der Waals surface area (Å²) >= 11 is 0. The molecule has 3 heterocycles. The number of H-pyrrole nitrogens is 1. The monoisotopic (exact) mass is 321 g/mol. The lowest BCUT2D eigenvalue weighted by Gasteiger charge is -2.32. The number of carbonyl (C=O) groups excluding carboxylic acids is 1. The van der Waals surface area contributed by atoms with Crippen molar-refractivity contribution in [1.29, 1.82) is 0 Å². The van der Waals surface area contributed by atoms with E-state index in [1.54, 1.807) is 12.4 Å². The first-order valence-electron chi connectivity index (χ1n) is 8.20. The van der Waals surface area contributed by atoms with E-state index in [4.69, 9.17) is 0 Å². The zero-order chi connectivity index (χ0) is 16.4. The lowest BCUT2D eigenvalue weighted by Crippen LogP contribution is -2.48. The molecule has 3 aromatic rings. The van der Waals surface area contributed by atoms with Crippen LogP contribution in [0.25, 0.3) is 10.9 Å². The third-order valence-electron chi connectivity index (χ3n) is 4.37. The molecule has 1 amide bonds. The number of fused-ring (bicyclic) bond motifs is 1. The van der Waals surface area contributed by atoms with Gasteiger partial charge in [-0.05, 0) is 31.0 Å². The van der Waals surface area contributed by atoms with Crippen LogP contribution < -0.4 is 10.2 Å². The highest BCUT2D eigenvalue weighted by Gasteiger charge is 2.23. The summed E-state index contributed by atoms with van der Waals surface area (Å²) in [4.78, 5) is 26.4. The minimum Gasteiger partial charge on any atom is -0.351 e. The Balaban J connectivity index is 1.45. The third kappa shape index (κ3) is 2.95. The van der Waals surface area contributed by atoms with Crippen LogP contribution in [-0.2, 0) is 0 Å². The zero-order valence-electron chi connectivity index (χ0n) is 13.3. The fraction of sp³-hybridized carbons (Fsp3) is 0.278. The van der Waals surface area contributed by atoms with Crippen molar-refractivity contribution in [3.63, 3.8) is 0 Å². The smallest absolute Gasteiger partial charge is 0.268 e. The quantitative estimate of drug-likeness (QED) is 0.776. The molecule has 1 aromatic carbocycles. The number of nitrogens with one attached hydrogen (secondary N) is 2. The molecule has 0 radical (unpaired) electrons. The Kier molecular flexibility index (Phi) is 3.86. The first kappa shape index (κ1) is 14.7. The Morgan fingerprint density at radius 1 is 1.21 bits per heavy atom.